The summed E-state index contributed by atoms with van der Waals surface area (Å²) in [6, 6.07) is 19.1. The maximum atomic E-state index is 6.09. The van der Waals surface area contributed by atoms with Gasteiger partial charge in [-0.3, -0.25) is 4.90 Å². The molecule has 4 nitrogen and oxygen atoms in total. The Kier molecular flexibility index (Phi) is 4.97. The Bertz CT molecular complexity index is 784. The quantitative estimate of drug-likeness (QED) is 0.692. The van der Waals surface area contributed by atoms with E-state index in [1.54, 1.807) is 5.51 Å². The fourth-order valence-corrected chi connectivity index (χ4v) is 3.95. The van der Waals surface area contributed by atoms with Crippen molar-refractivity contribution in [2.45, 2.75) is 6.04 Å². The van der Waals surface area contributed by atoms with Crippen LogP contribution >= 0.6 is 23.1 Å². The fraction of sp³-hybridized carbons (Fsp3) is 0.263. The van der Waals surface area contributed by atoms with E-state index < -0.39 is 0 Å². The van der Waals surface area contributed by atoms with Gasteiger partial charge in [-0.2, -0.15) is 4.37 Å². The molecule has 0 bridgehead atoms. The first-order valence-corrected chi connectivity index (χ1v) is 9.58. The molecule has 1 aliphatic rings. The highest BCUT2D eigenvalue weighted by Gasteiger charge is 2.27. The van der Waals surface area contributed by atoms with Crippen LogP contribution in [0, 0.1) is 0 Å². The molecule has 128 valence electrons. The molecule has 0 spiro atoms. The maximum Gasteiger partial charge on any atom is 0.237 e. The van der Waals surface area contributed by atoms with Crippen LogP contribution in [0.5, 0.6) is 0 Å². The molecule has 0 aliphatic carbocycles. The highest BCUT2D eigenvalue weighted by Crippen LogP contribution is 2.30. The lowest BCUT2D eigenvalue weighted by Gasteiger charge is -2.39. The van der Waals surface area contributed by atoms with Crippen LogP contribution in [-0.2, 0) is 0 Å². The lowest BCUT2D eigenvalue weighted by molar-refractivity contribution is 0.211. The van der Waals surface area contributed by atoms with Crippen LogP contribution in [0.2, 0.25) is 5.02 Å². The molecular weight excluding hydrogens is 352 g/mol. The standard InChI is InChI=1S/C19H19ClN4S/c20-17-8-6-16(7-9-17)18(15-4-2-1-3-5-15)23-10-12-24(13-11-23)19-21-14-25-22-19/h1-9,14,18H,10-13H2. The zero-order chi connectivity index (χ0) is 17.1. The molecule has 1 aliphatic heterocycles. The summed E-state index contributed by atoms with van der Waals surface area (Å²) in [5.41, 5.74) is 4.38. The number of piperazine rings is 1. The maximum absolute atomic E-state index is 6.09. The van der Waals surface area contributed by atoms with Gasteiger partial charge < -0.3 is 4.90 Å². The second-order valence-corrected chi connectivity index (χ2v) is 7.16. The lowest BCUT2D eigenvalue weighted by Crippen LogP contribution is -2.48. The molecule has 0 saturated carbocycles. The summed E-state index contributed by atoms with van der Waals surface area (Å²) in [4.78, 5) is 9.13. The summed E-state index contributed by atoms with van der Waals surface area (Å²) in [7, 11) is 0. The monoisotopic (exact) mass is 370 g/mol. The summed E-state index contributed by atoms with van der Waals surface area (Å²) in [5.74, 6) is 0.854. The van der Waals surface area contributed by atoms with Crippen LogP contribution in [0.25, 0.3) is 0 Å². The van der Waals surface area contributed by atoms with Crippen molar-refractivity contribution in [3.63, 3.8) is 0 Å². The fourth-order valence-electron chi connectivity index (χ4n) is 3.38. The summed E-state index contributed by atoms with van der Waals surface area (Å²) < 4.78 is 4.36. The van der Waals surface area contributed by atoms with E-state index in [1.807, 2.05) is 12.1 Å². The molecule has 2 aromatic carbocycles. The van der Waals surface area contributed by atoms with Gasteiger partial charge in [-0.1, -0.05) is 54.1 Å². The van der Waals surface area contributed by atoms with Crippen LogP contribution in [0.4, 0.5) is 5.95 Å². The van der Waals surface area contributed by atoms with Gasteiger partial charge in [0.25, 0.3) is 0 Å². The van der Waals surface area contributed by atoms with E-state index in [9.17, 15) is 0 Å². The molecule has 0 amide bonds. The van der Waals surface area contributed by atoms with Gasteiger partial charge in [0.05, 0.1) is 6.04 Å². The molecule has 6 heteroatoms. The number of benzene rings is 2. The Morgan fingerprint density at radius 1 is 0.880 bits per heavy atom. The second-order valence-electron chi connectivity index (χ2n) is 6.12. The Morgan fingerprint density at radius 3 is 2.20 bits per heavy atom. The van der Waals surface area contributed by atoms with Crippen LogP contribution in [-0.4, -0.2) is 40.4 Å². The van der Waals surface area contributed by atoms with Crippen molar-refractivity contribution >= 4 is 29.1 Å². The Hall–Kier alpha value is -1.95. The number of anilines is 1. The van der Waals surface area contributed by atoms with Crippen molar-refractivity contribution in [3.8, 4) is 0 Å². The minimum Gasteiger partial charge on any atom is -0.338 e. The number of hydrogen-bond donors (Lipinski definition) is 0. The van der Waals surface area contributed by atoms with Crippen molar-refractivity contribution in [1.29, 1.82) is 0 Å². The smallest absolute Gasteiger partial charge is 0.237 e. The molecule has 3 aromatic rings. The van der Waals surface area contributed by atoms with Gasteiger partial charge in [0.1, 0.15) is 5.51 Å². The highest BCUT2D eigenvalue weighted by molar-refractivity contribution is 7.03. The van der Waals surface area contributed by atoms with E-state index in [-0.39, 0.29) is 6.04 Å². The molecule has 0 N–H and O–H groups in total. The number of rotatable bonds is 4. The number of halogens is 1. The summed E-state index contributed by atoms with van der Waals surface area (Å²) in [6.07, 6.45) is 0. The third-order valence-electron chi connectivity index (χ3n) is 4.61. The minimum atomic E-state index is 0.240. The average Bonchev–Trinajstić information content (AvgIpc) is 3.20. The SMILES string of the molecule is Clc1ccc(C(c2ccccc2)N2CCN(c3ncsn3)CC2)cc1. The van der Waals surface area contributed by atoms with Crippen molar-refractivity contribution in [2.24, 2.45) is 0 Å². The first-order chi connectivity index (χ1) is 12.3. The molecule has 1 aromatic heterocycles. The molecule has 1 unspecified atom stereocenters. The lowest BCUT2D eigenvalue weighted by atomic mass is 9.96. The summed E-state index contributed by atoms with van der Waals surface area (Å²) in [5, 5.41) is 0.773. The molecular formula is C19H19ClN4S. The van der Waals surface area contributed by atoms with Crippen molar-refractivity contribution in [1.82, 2.24) is 14.3 Å². The van der Waals surface area contributed by atoms with Gasteiger partial charge in [-0.25, -0.2) is 4.98 Å². The van der Waals surface area contributed by atoms with E-state index >= 15 is 0 Å². The normalized spacial score (nSPS) is 16.8. The van der Waals surface area contributed by atoms with E-state index in [4.69, 9.17) is 11.6 Å². The second kappa shape index (κ2) is 7.52. The van der Waals surface area contributed by atoms with Crippen molar-refractivity contribution in [3.05, 3.63) is 76.3 Å². The Labute approximate surface area is 156 Å². The number of aromatic nitrogens is 2. The third kappa shape index (κ3) is 3.68. The van der Waals surface area contributed by atoms with Crippen molar-refractivity contribution < 1.29 is 0 Å². The molecule has 1 saturated heterocycles. The molecule has 1 fully saturated rings. The van der Waals surface area contributed by atoms with E-state index in [2.05, 4.69) is 61.6 Å². The topological polar surface area (TPSA) is 32.3 Å². The molecule has 1 atom stereocenters. The third-order valence-corrected chi connectivity index (χ3v) is 5.33. The zero-order valence-corrected chi connectivity index (χ0v) is 15.3. The molecule has 0 radical (unpaired) electrons. The Morgan fingerprint density at radius 2 is 1.56 bits per heavy atom. The van der Waals surface area contributed by atoms with E-state index in [0.29, 0.717) is 0 Å². The first kappa shape index (κ1) is 16.5. The number of nitrogens with zero attached hydrogens (tertiary/aromatic N) is 4. The van der Waals surface area contributed by atoms with Crippen LogP contribution in [0.15, 0.2) is 60.1 Å². The average molecular weight is 371 g/mol. The van der Waals surface area contributed by atoms with Crippen LogP contribution in [0.1, 0.15) is 17.2 Å². The van der Waals surface area contributed by atoms with Crippen LogP contribution in [0.3, 0.4) is 0 Å². The predicted octanol–water partition coefficient (Wildman–Crippen LogP) is 4.10. The summed E-state index contributed by atoms with van der Waals surface area (Å²) >= 11 is 7.50. The summed E-state index contributed by atoms with van der Waals surface area (Å²) in [6.45, 7) is 3.82. The predicted molar refractivity (Wildman–Crippen MR) is 103 cm³/mol. The van der Waals surface area contributed by atoms with E-state index in [0.717, 1.165) is 37.1 Å². The number of hydrogen-bond acceptors (Lipinski definition) is 5. The molecule has 4 rings (SSSR count). The van der Waals surface area contributed by atoms with Gasteiger partial charge in [0, 0.05) is 31.2 Å². The largest absolute Gasteiger partial charge is 0.338 e. The van der Waals surface area contributed by atoms with Gasteiger partial charge in [-0.05, 0) is 34.8 Å². The van der Waals surface area contributed by atoms with Crippen LogP contribution < -0.4 is 4.90 Å². The van der Waals surface area contributed by atoms with Gasteiger partial charge in [0.15, 0.2) is 0 Å². The van der Waals surface area contributed by atoms with E-state index in [1.165, 1.54) is 22.7 Å². The van der Waals surface area contributed by atoms with Gasteiger partial charge in [0.2, 0.25) is 5.95 Å². The molecule has 2 heterocycles. The first-order valence-electron chi connectivity index (χ1n) is 8.37. The van der Waals surface area contributed by atoms with Gasteiger partial charge >= 0.3 is 0 Å². The Balaban J connectivity index is 1.58. The minimum absolute atomic E-state index is 0.240. The van der Waals surface area contributed by atoms with Gasteiger partial charge in [-0.15, -0.1) is 0 Å². The van der Waals surface area contributed by atoms with Crippen molar-refractivity contribution in [2.75, 3.05) is 31.1 Å². The highest BCUT2D eigenvalue weighted by atomic mass is 35.5. The molecule has 25 heavy (non-hydrogen) atoms. The zero-order valence-electron chi connectivity index (χ0n) is 13.8.